The van der Waals surface area contributed by atoms with E-state index >= 15 is 0 Å². The second-order valence-electron chi connectivity index (χ2n) is 9.57. The molecule has 0 unspecified atom stereocenters. The molecule has 5 heteroatoms. The lowest BCUT2D eigenvalue weighted by molar-refractivity contribution is -0.188. The van der Waals surface area contributed by atoms with E-state index in [9.17, 15) is 4.79 Å². The average Bonchev–Trinajstić information content (AvgIpc) is 3.32. The van der Waals surface area contributed by atoms with Crippen LogP contribution in [0.5, 0.6) is 0 Å². The lowest BCUT2D eigenvalue weighted by atomic mass is 9.88. The Hall–Kier alpha value is -1.59. The molecule has 1 saturated carbocycles. The molecule has 148 valence electrons. The SMILES string of the molecule is CC(C)(C)OC(=O)N1CCC2(CC1)CN(Cc1ccccc1)CC1(CC1)O2. The molecule has 3 fully saturated rings. The van der Waals surface area contributed by atoms with Crippen LogP contribution in [-0.4, -0.2) is 58.9 Å². The van der Waals surface area contributed by atoms with E-state index in [1.807, 2.05) is 25.7 Å². The minimum absolute atomic E-state index is 0.0567. The fourth-order valence-electron chi connectivity index (χ4n) is 4.43. The van der Waals surface area contributed by atoms with Crippen LogP contribution in [0.4, 0.5) is 4.79 Å². The summed E-state index contributed by atoms with van der Waals surface area (Å²) in [7, 11) is 0. The molecule has 2 spiro atoms. The van der Waals surface area contributed by atoms with Gasteiger partial charge in [0.25, 0.3) is 0 Å². The van der Waals surface area contributed by atoms with E-state index in [1.165, 1.54) is 5.56 Å². The van der Waals surface area contributed by atoms with Gasteiger partial charge in [0.05, 0.1) is 11.2 Å². The normalized spacial score (nSPS) is 24.2. The first-order valence-corrected chi connectivity index (χ1v) is 10.2. The van der Waals surface area contributed by atoms with Crippen molar-refractivity contribution in [3.8, 4) is 0 Å². The van der Waals surface area contributed by atoms with Gasteiger partial charge in [-0.1, -0.05) is 30.3 Å². The molecule has 2 saturated heterocycles. The second kappa shape index (κ2) is 6.78. The maximum atomic E-state index is 12.4. The summed E-state index contributed by atoms with van der Waals surface area (Å²) in [4.78, 5) is 16.8. The molecule has 2 heterocycles. The minimum atomic E-state index is -0.446. The Kier molecular flexibility index (Phi) is 4.71. The summed E-state index contributed by atoms with van der Waals surface area (Å²) in [6.07, 6.45) is 3.90. The van der Waals surface area contributed by atoms with Crippen LogP contribution in [0.15, 0.2) is 30.3 Å². The molecular formula is C22H32N2O3. The van der Waals surface area contributed by atoms with E-state index in [1.54, 1.807) is 0 Å². The summed E-state index contributed by atoms with van der Waals surface area (Å²) in [5, 5.41) is 0. The van der Waals surface area contributed by atoms with Crippen molar-refractivity contribution < 1.29 is 14.3 Å². The number of rotatable bonds is 2. The standard InChI is InChI=1S/C22H32N2O3/c1-20(2,3)26-19(25)24-13-11-22(12-14-24)17-23(16-21(27-22)9-10-21)15-18-7-5-4-6-8-18/h4-8H,9-17H2,1-3H3. The predicted octanol–water partition coefficient (Wildman–Crippen LogP) is 3.82. The lowest BCUT2D eigenvalue weighted by Crippen LogP contribution is -2.60. The number of nitrogens with zero attached hydrogens (tertiary/aromatic N) is 2. The summed E-state index contributed by atoms with van der Waals surface area (Å²) in [6, 6.07) is 10.7. The number of hydrogen-bond donors (Lipinski definition) is 0. The third kappa shape index (κ3) is 4.46. The number of amides is 1. The molecule has 4 rings (SSSR count). The van der Waals surface area contributed by atoms with Gasteiger partial charge in [-0.3, -0.25) is 4.90 Å². The van der Waals surface area contributed by atoms with Crippen molar-refractivity contribution in [1.29, 1.82) is 0 Å². The van der Waals surface area contributed by atoms with Crippen LogP contribution in [0.25, 0.3) is 0 Å². The van der Waals surface area contributed by atoms with Gasteiger partial charge in [0, 0.05) is 32.7 Å². The number of piperidine rings is 1. The minimum Gasteiger partial charge on any atom is -0.444 e. The van der Waals surface area contributed by atoms with Crippen molar-refractivity contribution >= 4 is 6.09 Å². The van der Waals surface area contributed by atoms with Crippen molar-refractivity contribution in [3.63, 3.8) is 0 Å². The molecule has 1 aliphatic carbocycles. The number of carbonyl (C=O) groups excluding carboxylic acids is 1. The third-order valence-corrected chi connectivity index (χ3v) is 5.84. The number of carbonyl (C=O) groups is 1. The maximum absolute atomic E-state index is 12.4. The van der Waals surface area contributed by atoms with Crippen molar-refractivity contribution in [1.82, 2.24) is 9.80 Å². The van der Waals surface area contributed by atoms with Crippen LogP contribution in [0.2, 0.25) is 0 Å². The number of hydrogen-bond acceptors (Lipinski definition) is 4. The zero-order valence-electron chi connectivity index (χ0n) is 16.9. The second-order valence-corrected chi connectivity index (χ2v) is 9.57. The number of ether oxygens (including phenoxy) is 2. The highest BCUT2D eigenvalue weighted by Crippen LogP contribution is 2.49. The van der Waals surface area contributed by atoms with Crippen molar-refractivity contribution in [2.75, 3.05) is 26.2 Å². The fraction of sp³-hybridized carbons (Fsp3) is 0.682. The van der Waals surface area contributed by atoms with Crippen molar-refractivity contribution in [2.45, 2.75) is 69.8 Å². The molecule has 27 heavy (non-hydrogen) atoms. The molecular weight excluding hydrogens is 340 g/mol. The Morgan fingerprint density at radius 2 is 1.63 bits per heavy atom. The predicted molar refractivity (Wildman–Crippen MR) is 105 cm³/mol. The lowest BCUT2D eigenvalue weighted by Gasteiger charge is -2.50. The van der Waals surface area contributed by atoms with Crippen molar-refractivity contribution in [2.24, 2.45) is 0 Å². The van der Waals surface area contributed by atoms with Gasteiger partial charge in [-0.2, -0.15) is 0 Å². The van der Waals surface area contributed by atoms with Gasteiger partial charge in [-0.25, -0.2) is 4.79 Å². The Morgan fingerprint density at radius 1 is 1.04 bits per heavy atom. The van der Waals surface area contributed by atoms with Gasteiger partial charge in [0.2, 0.25) is 0 Å². The van der Waals surface area contributed by atoms with E-state index < -0.39 is 5.60 Å². The topological polar surface area (TPSA) is 42.0 Å². The Labute approximate surface area is 162 Å². The van der Waals surface area contributed by atoms with Crippen LogP contribution in [-0.2, 0) is 16.0 Å². The molecule has 0 atom stereocenters. The van der Waals surface area contributed by atoms with E-state index in [0.29, 0.717) is 13.1 Å². The molecule has 1 aromatic carbocycles. The molecule has 0 N–H and O–H groups in total. The van der Waals surface area contributed by atoms with Crippen LogP contribution >= 0.6 is 0 Å². The number of morpholine rings is 1. The third-order valence-electron chi connectivity index (χ3n) is 5.84. The first-order chi connectivity index (χ1) is 12.8. The monoisotopic (exact) mass is 372 g/mol. The van der Waals surface area contributed by atoms with Gasteiger partial charge in [-0.05, 0) is 52.0 Å². The molecule has 1 aromatic rings. The molecule has 0 radical (unpaired) electrons. The summed E-state index contributed by atoms with van der Waals surface area (Å²) < 4.78 is 12.2. The maximum Gasteiger partial charge on any atom is 0.410 e. The quantitative estimate of drug-likeness (QED) is 0.791. The van der Waals surface area contributed by atoms with Crippen LogP contribution in [0.1, 0.15) is 52.0 Å². The highest BCUT2D eigenvalue weighted by molar-refractivity contribution is 5.68. The zero-order chi connectivity index (χ0) is 19.1. The molecule has 0 aromatic heterocycles. The van der Waals surface area contributed by atoms with Gasteiger partial charge in [0.15, 0.2) is 0 Å². The van der Waals surface area contributed by atoms with Crippen molar-refractivity contribution in [3.05, 3.63) is 35.9 Å². The molecule has 5 nitrogen and oxygen atoms in total. The van der Waals surface area contributed by atoms with E-state index in [-0.39, 0.29) is 17.3 Å². The number of benzene rings is 1. The van der Waals surface area contributed by atoms with Gasteiger partial charge < -0.3 is 14.4 Å². The first-order valence-electron chi connectivity index (χ1n) is 10.2. The van der Waals surface area contributed by atoms with Gasteiger partial charge in [-0.15, -0.1) is 0 Å². The molecule has 0 bridgehead atoms. The summed E-state index contributed by atoms with van der Waals surface area (Å²) in [6.45, 7) is 10.1. The summed E-state index contributed by atoms with van der Waals surface area (Å²) >= 11 is 0. The van der Waals surface area contributed by atoms with E-state index in [0.717, 1.165) is 45.3 Å². The highest BCUT2D eigenvalue weighted by Gasteiger charge is 2.56. The van der Waals surface area contributed by atoms with Crippen LogP contribution < -0.4 is 0 Å². The van der Waals surface area contributed by atoms with Crippen LogP contribution in [0, 0.1) is 0 Å². The molecule has 1 amide bonds. The smallest absolute Gasteiger partial charge is 0.410 e. The highest BCUT2D eigenvalue weighted by atomic mass is 16.6. The summed E-state index contributed by atoms with van der Waals surface area (Å²) in [5.41, 5.74) is 0.845. The Balaban J connectivity index is 1.40. The zero-order valence-corrected chi connectivity index (χ0v) is 16.9. The Bertz CT molecular complexity index is 671. The van der Waals surface area contributed by atoms with Crippen LogP contribution in [0.3, 0.4) is 0 Å². The van der Waals surface area contributed by atoms with E-state index in [2.05, 4.69) is 35.2 Å². The summed E-state index contributed by atoms with van der Waals surface area (Å²) in [5.74, 6) is 0. The van der Waals surface area contributed by atoms with E-state index in [4.69, 9.17) is 9.47 Å². The molecule has 2 aliphatic heterocycles. The average molecular weight is 373 g/mol. The number of likely N-dealkylation sites (tertiary alicyclic amines) is 1. The van der Waals surface area contributed by atoms with Gasteiger partial charge in [0.1, 0.15) is 5.60 Å². The molecule has 3 aliphatic rings. The fourth-order valence-corrected chi connectivity index (χ4v) is 4.43. The first kappa shape index (κ1) is 18.8. The van der Waals surface area contributed by atoms with Gasteiger partial charge >= 0.3 is 6.09 Å². The largest absolute Gasteiger partial charge is 0.444 e. The Morgan fingerprint density at radius 3 is 2.19 bits per heavy atom.